The molecule has 7 heteroatoms. The SMILES string of the molecule is CCOc1ccccc1C(=O)Nc1ccc(-n2c(C)nc3ncccc3c2=O)cc1C. The minimum Gasteiger partial charge on any atom is -0.493 e. The highest BCUT2D eigenvalue weighted by atomic mass is 16.5. The quantitative estimate of drug-likeness (QED) is 0.532. The molecule has 2 aromatic carbocycles. The molecule has 31 heavy (non-hydrogen) atoms. The van der Waals surface area contributed by atoms with Crippen molar-refractivity contribution in [1.29, 1.82) is 0 Å². The van der Waals surface area contributed by atoms with Gasteiger partial charge in [-0.3, -0.25) is 14.2 Å². The number of para-hydroxylation sites is 1. The standard InChI is InChI=1S/C24H22N4O3/c1-4-31-21-10-6-5-8-18(21)23(29)27-20-12-11-17(14-15(20)2)28-16(3)26-22-19(24(28)30)9-7-13-25-22/h5-14H,4H2,1-3H3,(H,27,29). The zero-order chi connectivity index (χ0) is 22.0. The Hall–Kier alpha value is -4.00. The Morgan fingerprint density at radius 1 is 1.10 bits per heavy atom. The molecule has 0 saturated carbocycles. The van der Waals surface area contributed by atoms with E-state index in [1.54, 1.807) is 60.2 Å². The molecule has 0 spiro atoms. The number of nitrogens with zero attached hydrogens (tertiary/aromatic N) is 3. The average Bonchev–Trinajstić information content (AvgIpc) is 2.76. The van der Waals surface area contributed by atoms with Gasteiger partial charge in [-0.15, -0.1) is 0 Å². The Labute approximate surface area is 179 Å². The van der Waals surface area contributed by atoms with Crippen LogP contribution in [-0.2, 0) is 0 Å². The van der Waals surface area contributed by atoms with E-state index in [9.17, 15) is 9.59 Å². The van der Waals surface area contributed by atoms with E-state index in [4.69, 9.17) is 4.74 Å². The molecule has 0 saturated heterocycles. The first-order valence-electron chi connectivity index (χ1n) is 9.98. The molecule has 0 fully saturated rings. The van der Waals surface area contributed by atoms with E-state index in [-0.39, 0.29) is 11.5 Å². The summed E-state index contributed by atoms with van der Waals surface area (Å²) in [7, 11) is 0. The largest absolute Gasteiger partial charge is 0.493 e. The number of amides is 1. The van der Waals surface area contributed by atoms with Crippen LogP contribution >= 0.6 is 0 Å². The zero-order valence-corrected chi connectivity index (χ0v) is 17.5. The van der Waals surface area contributed by atoms with Gasteiger partial charge in [-0.05, 0) is 68.8 Å². The Kier molecular flexibility index (Phi) is 5.49. The summed E-state index contributed by atoms with van der Waals surface area (Å²) in [5, 5.41) is 3.39. The molecule has 156 valence electrons. The third kappa shape index (κ3) is 3.90. The number of ether oxygens (including phenoxy) is 1. The second kappa shape index (κ2) is 8.39. The summed E-state index contributed by atoms with van der Waals surface area (Å²) < 4.78 is 7.10. The van der Waals surface area contributed by atoms with E-state index in [1.807, 2.05) is 26.0 Å². The van der Waals surface area contributed by atoms with Gasteiger partial charge in [0.1, 0.15) is 11.6 Å². The highest BCUT2D eigenvalue weighted by Gasteiger charge is 2.15. The Balaban J connectivity index is 1.68. The van der Waals surface area contributed by atoms with Crippen molar-refractivity contribution >= 4 is 22.6 Å². The lowest BCUT2D eigenvalue weighted by Crippen LogP contribution is -2.23. The number of nitrogens with one attached hydrogen (secondary N) is 1. The van der Waals surface area contributed by atoms with Crippen molar-refractivity contribution in [2.45, 2.75) is 20.8 Å². The van der Waals surface area contributed by atoms with Crippen molar-refractivity contribution in [3.63, 3.8) is 0 Å². The van der Waals surface area contributed by atoms with Crippen molar-refractivity contribution in [2.75, 3.05) is 11.9 Å². The molecule has 0 bridgehead atoms. The average molecular weight is 414 g/mol. The zero-order valence-electron chi connectivity index (χ0n) is 17.5. The van der Waals surface area contributed by atoms with Gasteiger partial charge in [-0.2, -0.15) is 0 Å². The number of aryl methyl sites for hydroxylation is 2. The summed E-state index contributed by atoms with van der Waals surface area (Å²) in [6.07, 6.45) is 1.61. The summed E-state index contributed by atoms with van der Waals surface area (Å²) in [6, 6.07) is 16.0. The van der Waals surface area contributed by atoms with Crippen LogP contribution in [0.3, 0.4) is 0 Å². The summed E-state index contributed by atoms with van der Waals surface area (Å²) >= 11 is 0. The number of aromatic nitrogens is 3. The van der Waals surface area contributed by atoms with Gasteiger partial charge in [0.25, 0.3) is 11.5 Å². The molecule has 2 aromatic heterocycles. The van der Waals surface area contributed by atoms with Gasteiger partial charge in [0.15, 0.2) is 5.65 Å². The number of pyridine rings is 1. The Bertz CT molecular complexity index is 1340. The first-order chi connectivity index (χ1) is 15.0. The second-order valence-corrected chi connectivity index (χ2v) is 7.06. The van der Waals surface area contributed by atoms with Crippen molar-refractivity contribution in [2.24, 2.45) is 0 Å². The molecular formula is C24H22N4O3. The van der Waals surface area contributed by atoms with E-state index in [2.05, 4.69) is 15.3 Å². The van der Waals surface area contributed by atoms with Crippen molar-refractivity contribution in [1.82, 2.24) is 14.5 Å². The molecule has 4 rings (SSSR count). The van der Waals surface area contributed by atoms with Crippen LogP contribution in [0, 0.1) is 13.8 Å². The van der Waals surface area contributed by atoms with E-state index < -0.39 is 0 Å². The van der Waals surface area contributed by atoms with Gasteiger partial charge < -0.3 is 10.1 Å². The summed E-state index contributed by atoms with van der Waals surface area (Å²) in [5.41, 5.74) is 2.85. The van der Waals surface area contributed by atoms with Crippen LogP contribution < -0.4 is 15.6 Å². The van der Waals surface area contributed by atoms with Crippen LogP contribution in [0.1, 0.15) is 28.7 Å². The Morgan fingerprint density at radius 3 is 2.68 bits per heavy atom. The van der Waals surface area contributed by atoms with E-state index in [0.29, 0.717) is 46.2 Å². The lowest BCUT2D eigenvalue weighted by Gasteiger charge is -2.15. The number of benzene rings is 2. The minimum atomic E-state index is -0.258. The van der Waals surface area contributed by atoms with Crippen molar-refractivity contribution in [3.8, 4) is 11.4 Å². The van der Waals surface area contributed by atoms with Crippen LogP contribution in [0.5, 0.6) is 5.75 Å². The van der Waals surface area contributed by atoms with E-state index in [1.165, 1.54) is 0 Å². The molecule has 0 aliphatic carbocycles. The maximum Gasteiger partial charge on any atom is 0.267 e. The molecular weight excluding hydrogens is 392 g/mol. The predicted molar refractivity (Wildman–Crippen MR) is 120 cm³/mol. The fourth-order valence-corrected chi connectivity index (χ4v) is 3.48. The van der Waals surface area contributed by atoms with E-state index in [0.717, 1.165) is 5.56 Å². The summed E-state index contributed by atoms with van der Waals surface area (Å²) in [5.74, 6) is 0.819. The van der Waals surface area contributed by atoms with Crippen molar-refractivity contribution < 1.29 is 9.53 Å². The van der Waals surface area contributed by atoms with Crippen LogP contribution in [-0.4, -0.2) is 27.0 Å². The lowest BCUT2D eigenvalue weighted by molar-refractivity contribution is 0.102. The molecule has 0 aliphatic rings. The monoisotopic (exact) mass is 414 g/mol. The molecule has 1 amide bonds. The number of hydrogen-bond acceptors (Lipinski definition) is 5. The number of hydrogen-bond donors (Lipinski definition) is 1. The maximum absolute atomic E-state index is 13.0. The molecule has 0 radical (unpaired) electrons. The van der Waals surface area contributed by atoms with Crippen molar-refractivity contribution in [3.05, 3.63) is 88.1 Å². The minimum absolute atomic E-state index is 0.183. The topological polar surface area (TPSA) is 86.1 Å². The van der Waals surface area contributed by atoms with Gasteiger partial charge in [0.05, 0.1) is 23.2 Å². The number of anilines is 1. The first-order valence-corrected chi connectivity index (χ1v) is 9.98. The van der Waals surface area contributed by atoms with Crippen LogP contribution in [0.2, 0.25) is 0 Å². The lowest BCUT2D eigenvalue weighted by atomic mass is 10.1. The number of carbonyl (C=O) groups is 1. The smallest absolute Gasteiger partial charge is 0.267 e. The van der Waals surface area contributed by atoms with Gasteiger partial charge in [0, 0.05) is 11.9 Å². The summed E-state index contributed by atoms with van der Waals surface area (Å²) in [6.45, 7) is 6.00. The Morgan fingerprint density at radius 2 is 1.90 bits per heavy atom. The van der Waals surface area contributed by atoms with Gasteiger partial charge >= 0.3 is 0 Å². The van der Waals surface area contributed by atoms with Gasteiger partial charge in [0.2, 0.25) is 0 Å². The maximum atomic E-state index is 13.0. The number of carbonyl (C=O) groups excluding carboxylic acids is 1. The molecule has 7 nitrogen and oxygen atoms in total. The number of fused-ring (bicyclic) bond motifs is 1. The first kappa shape index (κ1) is 20.3. The summed E-state index contributed by atoms with van der Waals surface area (Å²) in [4.78, 5) is 34.4. The molecule has 1 N–H and O–H groups in total. The fraction of sp³-hybridized carbons (Fsp3) is 0.167. The molecule has 2 heterocycles. The molecule has 4 aromatic rings. The van der Waals surface area contributed by atoms with Crippen LogP contribution in [0.4, 0.5) is 5.69 Å². The van der Waals surface area contributed by atoms with Gasteiger partial charge in [-0.25, -0.2) is 9.97 Å². The van der Waals surface area contributed by atoms with Crippen LogP contribution in [0.25, 0.3) is 16.7 Å². The molecule has 0 atom stereocenters. The van der Waals surface area contributed by atoms with Crippen LogP contribution in [0.15, 0.2) is 65.6 Å². The fourth-order valence-electron chi connectivity index (χ4n) is 3.48. The normalized spacial score (nSPS) is 10.8. The predicted octanol–water partition coefficient (Wildman–Crippen LogP) is 4.05. The second-order valence-electron chi connectivity index (χ2n) is 7.06. The molecule has 0 aliphatic heterocycles. The number of rotatable bonds is 5. The third-order valence-corrected chi connectivity index (χ3v) is 4.96. The highest BCUT2D eigenvalue weighted by molar-refractivity contribution is 6.06. The molecule has 0 unspecified atom stereocenters. The van der Waals surface area contributed by atoms with E-state index >= 15 is 0 Å². The van der Waals surface area contributed by atoms with Gasteiger partial charge in [-0.1, -0.05) is 12.1 Å². The highest BCUT2D eigenvalue weighted by Crippen LogP contribution is 2.23. The third-order valence-electron chi connectivity index (χ3n) is 4.96.